The minimum absolute atomic E-state index is 0.0323. The van der Waals surface area contributed by atoms with E-state index in [0.717, 1.165) is 11.1 Å². The van der Waals surface area contributed by atoms with Gasteiger partial charge in [0, 0.05) is 13.1 Å². The van der Waals surface area contributed by atoms with Gasteiger partial charge in [0.25, 0.3) is 0 Å². The lowest BCUT2D eigenvalue weighted by atomic mass is 9.79. The van der Waals surface area contributed by atoms with Crippen LogP contribution in [0.25, 0.3) is 0 Å². The molecule has 3 aromatic rings. The molecule has 244 valence electrons. The maximum atomic E-state index is 13.7. The minimum atomic E-state index is -3.99. The van der Waals surface area contributed by atoms with Crippen LogP contribution in [0.4, 0.5) is 0 Å². The van der Waals surface area contributed by atoms with E-state index in [4.69, 9.17) is 9.47 Å². The highest BCUT2D eigenvalue weighted by Crippen LogP contribution is 2.29. The van der Waals surface area contributed by atoms with Gasteiger partial charge in [-0.25, -0.2) is 8.42 Å². The Morgan fingerprint density at radius 2 is 1.42 bits per heavy atom. The van der Waals surface area contributed by atoms with Crippen molar-refractivity contribution < 1.29 is 32.6 Å². The molecule has 0 saturated heterocycles. The van der Waals surface area contributed by atoms with Crippen LogP contribution in [0.3, 0.4) is 0 Å². The number of carbonyl (C=O) groups is 2. The molecule has 0 fully saturated rings. The van der Waals surface area contributed by atoms with E-state index in [-0.39, 0.29) is 36.9 Å². The largest absolute Gasteiger partial charge is 0.497 e. The number of amides is 1. The summed E-state index contributed by atoms with van der Waals surface area (Å²) in [5, 5.41) is 14.5. The number of benzene rings is 3. The van der Waals surface area contributed by atoms with Gasteiger partial charge in [-0.2, -0.15) is 4.31 Å². The molecule has 0 bridgehead atoms. The molecule has 45 heavy (non-hydrogen) atoms. The SMILES string of the molecule is COc1ccc(S(=O)(=O)N(CC(C)C)C[C@@H](O)[C@H](Cc2ccccc2)NC(=O)[C@H](C)C(C)(C)C(=O)OCc2ccccc2)cc1. The van der Waals surface area contributed by atoms with Gasteiger partial charge < -0.3 is 19.9 Å². The van der Waals surface area contributed by atoms with Crippen molar-refractivity contribution in [3.05, 3.63) is 96.1 Å². The average molecular weight is 639 g/mol. The van der Waals surface area contributed by atoms with Gasteiger partial charge in [-0.05, 0) is 61.6 Å². The van der Waals surface area contributed by atoms with E-state index in [9.17, 15) is 23.1 Å². The number of ether oxygens (including phenoxy) is 2. The molecular weight excluding hydrogens is 592 g/mol. The van der Waals surface area contributed by atoms with Gasteiger partial charge in [0.2, 0.25) is 15.9 Å². The molecule has 3 atom stereocenters. The van der Waals surface area contributed by atoms with E-state index in [0.29, 0.717) is 5.75 Å². The maximum Gasteiger partial charge on any atom is 0.312 e. The summed E-state index contributed by atoms with van der Waals surface area (Å²) < 4.78 is 39.4. The molecule has 0 saturated carbocycles. The lowest BCUT2D eigenvalue weighted by Gasteiger charge is -2.33. The Labute approximate surface area is 267 Å². The van der Waals surface area contributed by atoms with Crippen molar-refractivity contribution in [2.24, 2.45) is 17.3 Å². The summed E-state index contributed by atoms with van der Waals surface area (Å²) >= 11 is 0. The zero-order valence-electron chi connectivity index (χ0n) is 27.0. The predicted octanol–water partition coefficient (Wildman–Crippen LogP) is 4.84. The monoisotopic (exact) mass is 638 g/mol. The van der Waals surface area contributed by atoms with Crippen LogP contribution in [0, 0.1) is 17.3 Å². The third-order valence-electron chi connectivity index (χ3n) is 7.96. The third kappa shape index (κ3) is 9.88. The number of methoxy groups -OCH3 is 1. The number of esters is 1. The highest BCUT2D eigenvalue weighted by Gasteiger charge is 2.41. The number of carbonyl (C=O) groups excluding carboxylic acids is 2. The number of hydrogen-bond donors (Lipinski definition) is 2. The maximum absolute atomic E-state index is 13.7. The van der Waals surface area contributed by atoms with Crippen LogP contribution in [0.5, 0.6) is 5.75 Å². The summed E-state index contributed by atoms with van der Waals surface area (Å²) in [6.45, 7) is 8.73. The Balaban J connectivity index is 1.82. The van der Waals surface area contributed by atoms with Crippen LogP contribution >= 0.6 is 0 Å². The Hall–Kier alpha value is -3.73. The second-order valence-corrected chi connectivity index (χ2v) is 14.2. The highest BCUT2D eigenvalue weighted by molar-refractivity contribution is 7.89. The van der Waals surface area contributed by atoms with Crippen molar-refractivity contribution in [2.75, 3.05) is 20.2 Å². The number of sulfonamides is 1. The van der Waals surface area contributed by atoms with Gasteiger partial charge in [-0.3, -0.25) is 9.59 Å². The van der Waals surface area contributed by atoms with E-state index in [1.165, 1.54) is 23.5 Å². The van der Waals surface area contributed by atoms with Gasteiger partial charge in [-0.1, -0.05) is 81.4 Å². The fourth-order valence-corrected chi connectivity index (χ4v) is 6.40. The van der Waals surface area contributed by atoms with Crippen molar-refractivity contribution in [2.45, 2.75) is 64.7 Å². The summed E-state index contributed by atoms with van der Waals surface area (Å²) in [7, 11) is -2.49. The van der Waals surface area contributed by atoms with Crippen molar-refractivity contribution >= 4 is 21.9 Å². The molecule has 9 nitrogen and oxygen atoms in total. The van der Waals surface area contributed by atoms with Gasteiger partial charge in [0.1, 0.15) is 12.4 Å². The lowest BCUT2D eigenvalue weighted by molar-refractivity contribution is -0.161. The molecule has 3 aromatic carbocycles. The predicted molar refractivity (Wildman–Crippen MR) is 174 cm³/mol. The molecule has 0 aromatic heterocycles. The van der Waals surface area contributed by atoms with E-state index >= 15 is 0 Å². The van der Waals surface area contributed by atoms with Gasteiger partial charge in [0.05, 0.1) is 35.5 Å². The first-order chi connectivity index (χ1) is 21.2. The summed E-state index contributed by atoms with van der Waals surface area (Å²) in [6, 6.07) is 23.8. The van der Waals surface area contributed by atoms with Crippen molar-refractivity contribution in [1.29, 1.82) is 0 Å². The van der Waals surface area contributed by atoms with Crippen LogP contribution in [0.2, 0.25) is 0 Å². The standard InChI is InChI=1S/C35H46N2O7S/c1-25(2)22-37(45(41,42)30-19-17-29(43-6)18-20-30)23-32(38)31(21-27-13-9-7-10-14-27)36-33(39)26(3)35(4,5)34(40)44-24-28-15-11-8-12-16-28/h7-20,25-26,31-32,38H,21-24H2,1-6H3,(H,36,39)/t26-,31-,32+/m0/s1. The van der Waals surface area contributed by atoms with E-state index < -0.39 is 45.4 Å². The molecule has 0 heterocycles. The van der Waals surface area contributed by atoms with E-state index in [1.54, 1.807) is 32.9 Å². The van der Waals surface area contributed by atoms with Crippen LogP contribution in [0.1, 0.15) is 45.7 Å². The average Bonchev–Trinajstić information content (AvgIpc) is 3.03. The zero-order chi connectivity index (χ0) is 33.2. The normalized spacial score (nSPS) is 14.1. The summed E-state index contributed by atoms with van der Waals surface area (Å²) in [5.41, 5.74) is 0.507. The minimum Gasteiger partial charge on any atom is -0.497 e. The first-order valence-electron chi connectivity index (χ1n) is 15.1. The van der Waals surface area contributed by atoms with E-state index in [1.807, 2.05) is 74.5 Å². The first-order valence-corrected chi connectivity index (χ1v) is 16.6. The number of nitrogens with one attached hydrogen (secondary N) is 1. The Morgan fingerprint density at radius 3 is 1.96 bits per heavy atom. The molecule has 3 rings (SSSR count). The second-order valence-electron chi connectivity index (χ2n) is 12.3. The Morgan fingerprint density at radius 1 is 0.867 bits per heavy atom. The number of nitrogens with zero attached hydrogens (tertiary/aromatic N) is 1. The molecule has 0 aliphatic carbocycles. The molecule has 1 amide bonds. The molecule has 10 heteroatoms. The molecule has 0 aliphatic rings. The Kier molecular flexibility index (Phi) is 12.7. The number of rotatable bonds is 16. The number of hydrogen-bond acceptors (Lipinski definition) is 7. The van der Waals surface area contributed by atoms with Crippen LogP contribution in [-0.4, -0.2) is 62.1 Å². The first kappa shape index (κ1) is 35.7. The topological polar surface area (TPSA) is 122 Å². The molecular formula is C35H46N2O7S. The summed E-state index contributed by atoms with van der Waals surface area (Å²) in [4.78, 5) is 26.8. The van der Waals surface area contributed by atoms with Crippen LogP contribution < -0.4 is 10.1 Å². The second kappa shape index (κ2) is 16.0. The highest BCUT2D eigenvalue weighted by atomic mass is 32.2. The third-order valence-corrected chi connectivity index (χ3v) is 9.81. The summed E-state index contributed by atoms with van der Waals surface area (Å²) in [6.07, 6.45) is -1.02. The zero-order valence-corrected chi connectivity index (χ0v) is 27.8. The fraction of sp³-hybridized carbons (Fsp3) is 0.429. The molecule has 0 spiro atoms. The van der Waals surface area contributed by atoms with Gasteiger partial charge >= 0.3 is 5.97 Å². The van der Waals surface area contributed by atoms with Crippen molar-refractivity contribution in [1.82, 2.24) is 9.62 Å². The van der Waals surface area contributed by atoms with Gasteiger partial charge in [-0.15, -0.1) is 0 Å². The number of aliphatic hydroxyl groups excluding tert-OH is 1. The molecule has 2 N–H and O–H groups in total. The van der Waals surface area contributed by atoms with Gasteiger partial charge in [0.15, 0.2) is 0 Å². The summed E-state index contributed by atoms with van der Waals surface area (Å²) in [5.74, 6) is -1.31. The quantitative estimate of drug-likeness (QED) is 0.216. The smallest absolute Gasteiger partial charge is 0.312 e. The Bertz CT molecular complexity index is 1480. The van der Waals surface area contributed by atoms with Crippen LogP contribution in [0.15, 0.2) is 89.8 Å². The molecule has 0 aliphatic heterocycles. The molecule has 0 unspecified atom stereocenters. The van der Waals surface area contributed by atoms with Crippen LogP contribution in [-0.2, 0) is 37.4 Å². The number of aliphatic hydroxyl groups is 1. The van der Waals surface area contributed by atoms with Crippen molar-refractivity contribution in [3.8, 4) is 5.75 Å². The lowest BCUT2D eigenvalue weighted by Crippen LogP contribution is -2.53. The molecule has 0 radical (unpaired) electrons. The van der Waals surface area contributed by atoms with E-state index in [2.05, 4.69) is 5.32 Å². The van der Waals surface area contributed by atoms with Crippen molar-refractivity contribution in [3.63, 3.8) is 0 Å². The fourth-order valence-electron chi connectivity index (χ4n) is 4.78.